The second-order valence-corrected chi connectivity index (χ2v) is 4.23. The van der Waals surface area contributed by atoms with Gasteiger partial charge < -0.3 is 10.0 Å². The van der Waals surface area contributed by atoms with Gasteiger partial charge in [0.1, 0.15) is 6.04 Å². The van der Waals surface area contributed by atoms with Crippen molar-refractivity contribution in [1.29, 1.82) is 0 Å². The van der Waals surface area contributed by atoms with Crippen LogP contribution in [-0.2, 0) is 9.59 Å². The summed E-state index contributed by atoms with van der Waals surface area (Å²) in [6.07, 6.45) is 1.60. The highest BCUT2D eigenvalue weighted by atomic mass is 32.2. The van der Waals surface area contributed by atoms with Gasteiger partial charge in [-0.2, -0.15) is 0 Å². The van der Waals surface area contributed by atoms with Crippen molar-refractivity contribution in [3.63, 3.8) is 0 Å². The summed E-state index contributed by atoms with van der Waals surface area (Å²) in [6, 6.07) is -0.626. The SMILES string of the molecule is C=CC1C(=O)N2C(C(=O)O)CS[C@@H]12. The molecule has 3 atom stereocenters. The molecule has 2 rings (SSSR count). The number of carbonyl (C=O) groups is 2. The molecule has 1 amide bonds. The number of carboxylic acids is 1. The van der Waals surface area contributed by atoms with Crippen molar-refractivity contribution in [1.82, 2.24) is 4.90 Å². The number of β-lactam (4-membered cyclic amide) rings is 1. The standard InChI is InChI=1S/C8H9NO3S/c1-2-4-6(10)9-5(8(11)12)3-13-7(4)9/h2,4-5,7H,1,3H2,(H,11,12)/t4?,5?,7-/m0/s1. The third-order valence-corrected chi connectivity index (χ3v) is 3.79. The summed E-state index contributed by atoms with van der Waals surface area (Å²) < 4.78 is 0. The van der Waals surface area contributed by atoms with Gasteiger partial charge in [-0.3, -0.25) is 4.79 Å². The topological polar surface area (TPSA) is 57.6 Å². The Hall–Kier alpha value is -0.970. The Morgan fingerprint density at radius 1 is 1.77 bits per heavy atom. The fourth-order valence-corrected chi connectivity index (χ4v) is 3.23. The number of aliphatic carboxylic acids is 1. The summed E-state index contributed by atoms with van der Waals surface area (Å²) in [5.41, 5.74) is 0. The van der Waals surface area contributed by atoms with Gasteiger partial charge in [-0.1, -0.05) is 6.08 Å². The Morgan fingerprint density at radius 2 is 2.46 bits per heavy atom. The van der Waals surface area contributed by atoms with E-state index in [1.165, 1.54) is 16.7 Å². The molecule has 0 aromatic rings. The number of carboxylic acid groups (broad SMARTS) is 1. The largest absolute Gasteiger partial charge is 0.480 e. The van der Waals surface area contributed by atoms with E-state index in [-0.39, 0.29) is 17.2 Å². The van der Waals surface area contributed by atoms with Gasteiger partial charge in [0.15, 0.2) is 0 Å². The number of amides is 1. The zero-order valence-electron chi connectivity index (χ0n) is 6.84. The molecule has 4 nitrogen and oxygen atoms in total. The number of rotatable bonds is 2. The lowest BCUT2D eigenvalue weighted by Crippen LogP contribution is -2.60. The van der Waals surface area contributed by atoms with Crippen LogP contribution in [0.2, 0.25) is 0 Å². The molecule has 0 spiro atoms. The minimum Gasteiger partial charge on any atom is -0.480 e. The Balaban J connectivity index is 2.16. The molecular weight excluding hydrogens is 190 g/mol. The van der Waals surface area contributed by atoms with Crippen molar-refractivity contribution in [2.75, 3.05) is 5.75 Å². The number of fused-ring (bicyclic) bond motifs is 1. The first-order chi connectivity index (χ1) is 6.16. The van der Waals surface area contributed by atoms with Gasteiger partial charge in [0.05, 0.1) is 11.3 Å². The molecular formula is C8H9NO3S. The predicted molar refractivity (Wildman–Crippen MR) is 48.2 cm³/mol. The molecule has 0 aliphatic carbocycles. The Bertz CT molecular complexity index is 291. The summed E-state index contributed by atoms with van der Waals surface area (Å²) in [7, 11) is 0. The van der Waals surface area contributed by atoms with Gasteiger partial charge in [-0.05, 0) is 0 Å². The molecule has 0 aromatic heterocycles. The maximum Gasteiger partial charge on any atom is 0.327 e. The lowest BCUT2D eigenvalue weighted by atomic mass is 9.96. The molecule has 2 unspecified atom stereocenters. The quantitative estimate of drug-likeness (QED) is 0.508. The lowest BCUT2D eigenvalue weighted by molar-refractivity contribution is -0.159. The number of hydrogen-bond acceptors (Lipinski definition) is 3. The molecule has 2 saturated heterocycles. The van der Waals surface area contributed by atoms with E-state index in [0.29, 0.717) is 5.75 Å². The van der Waals surface area contributed by atoms with Crippen molar-refractivity contribution < 1.29 is 14.7 Å². The van der Waals surface area contributed by atoms with Gasteiger partial charge in [0.2, 0.25) is 5.91 Å². The Kier molecular flexibility index (Phi) is 1.83. The van der Waals surface area contributed by atoms with E-state index >= 15 is 0 Å². The van der Waals surface area contributed by atoms with E-state index < -0.39 is 12.0 Å². The van der Waals surface area contributed by atoms with Crippen LogP contribution in [0.5, 0.6) is 0 Å². The average Bonchev–Trinajstić information content (AvgIpc) is 2.45. The van der Waals surface area contributed by atoms with E-state index in [1.807, 2.05) is 0 Å². The average molecular weight is 199 g/mol. The minimum atomic E-state index is -0.911. The maximum atomic E-state index is 11.4. The smallest absolute Gasteiger partial charge is 0.327 e. The number of carbonyl (C=O) groups excluding carboxylic acids is 1. The summed E-state index contributed by atoms with van der Waals surface area (Å²) in [6.45, 7) is 3.56. The zero-order valence-corrected chi connectivity index (χ0v) is 7.66. The van der Waals surface area contributed by atoms with Crippen LogP contribution in [0, 0.1) is 5.92 Å². The van der Waals surface area contributed by atoms with E-state index in [0.717, 1.165) is 0 Å². The van der Waals surface area contributed by atoms with Gasteiger partial charge in [0.25, 0.3) is 0 Å². The molecule has 2 aliphatic rings. The first-order valence-electron chi connectivity index (χ1n) is 3.96. The van der Waals surface area contributed by atoms with E-state index in [4.69, 9.17) is 5.11 Å². The third kappa shape index (κ3) is 0.997. The minimum absolute atomic E-state index is 0.0195. The second kappa shape index (κ2) is 2.77. The number of nitrogens with zero attached hydrogens (tertiary/aromatic N) is 1. The van der Waals surface area contributed by atoms with Gasteiger partial charge in [-0.25, -0.2) is 4.79 Å². The zero-order chi connectivity index (χ0) is 9.59. The molecule has 70 valence electrons. The molecule has 0 bridgehead atoms. The fourth-order valence-electron chi connectivity index (χ4n) is 1.70. The fraction of sp³-hybridized carbons (Fsp3) is 0.500. The third-order valence-electron chi connectivity index (χ3n) is 2.42. The highest BCUT2D eigenvalue weighted by Crippen LogP contribution is 2.43. The molecule has 0 aromatic carbocycles. The van der Waals surface area contributed by atoms with Crippen molar-refractivity contribution >= 4 is 23.6 Å². The number of hydrogen-bond donors (Lipinski definition) is 1. The molecule has 1 N–H and O–H groups in total. The van der Waals surface area contributed by atoms with Crippen molar-refractivity contribution in [3.8, 4) is 0 Å². The summed E-state index contributed by atoms with van der Waals surface area (Å²) in [4.78, 5) is 23.5. The molecule has 2 aliphatic heterocycles. The first-order valence-corrected chi connectivity index (χ1v) is 5.01. The summed E-state index contributed by atoms with van der Waals surface area (Å²) >= 11 is 1.52. The summed E-state index contributed by atoms with van der Waals surface area (Å²) in [5.74, 6) is -0.687. The maximum absolute atomic E-state index is 11.4. The predicted octanol–water partition coefficient (Wildman–Crippen LogP) is 0.157. The molecule has 0 saturated carbocycles. The monoisotopic (exact) mass is 199 g/mol. The van der Waals surface area contributed by atoms with Gasteiger partial charge in [0, 0.05) is 5.75 Å². The van der Waals surface area contributed by atoms with E-state index in [1.54, 1.807) is 6.08 Å². The van der Waals surface area contributed by atoms with Crippen LogP contribution in [0.15, 0.2) is 12.7 Å². The molecule has 0 radical (unpaired) electrons. The molecule has 2 fully saturated rings. The molecule has 2 heterocycles. The Labute approximate surface area is 79.6 Å². The van der Waals surface area contributed by atoms with Crippen molar-refractivity contribution in [3.05, 3.63) is 12.7 Å². The second-order valence-electron chi connectivity index (χ2n) is 3.08. The van der Waals surface area contributed by atoms with Crippen LogP contribution in [0.25, 0.3) is 0 Å². The van der Waals surface area contributed by atoms with Gasteiger partial charge >= 0.3 is 5.97 Å². The van der Waals surface area contributed by atoms with Crippen LogP contribution in [0.1, 0.15) is 0 Å². The van der Waals surface area contributed by atoms with Crippen molar-refractivity contribution in [2.45, 2.75) is 11.4 Å². The first kappa shape index (κ1) is 8.62. The van der Waals surface area contributed by atoms with Crippen molar-refractivity contribution in [2.24, 2.45) is 5.92 Å². The number of thioether (sulfide) groups is 1. The van der Waals surface area contributed by atoms with Crippen LogP contribution >= 0.6 is 11.8 Å². The Morgan fingerprint density at radius 3 is 3.00 bits per heavy atom. The van der Waals surface area contributed by atoms with Crippen LogP contribution in [0.4, 0.5) is 0 Å². The van der Waals surface area contributed by atoms with E-state index in [9.17, 15) is 9.59 Å². The van der Waals surface area contributed by atoms with Crippen LogP contribution in [0.3, 0.4) is 0 Å². The lowest BCUT2D eigenvalue weighted by Gasteiger charge is -2.41. The van der Waals surface area contributed by atoms with Crippen LogP contribution < -0.4 is 0 Å². The highest BCUT2D eigenvalue weighted by molar-refractivity contribution is 8.00. The highest BCUT2D eigenvalue weighted by Gasteiger charge is 2.55. The summed E-state index contributed by atoms with van der Waals surface area (Å²) in [5, 5.41) is 8.80. The van der Waals surface area contributed by atoms with Gasteiger partial charge in [-0.15, -0.1) is 18.3 Å². The normalized spacial score (nSPS) is 36.8. The molecule has 5 heteroatoms. The van der Waals surface area contributed by atoms with E-state index in [2.05, 4.69) is 6.58 Å². The van der Waals surface area contributed by atoms with Crippen LogP contribution in [-0.4, -0.2) is 39.1 Å². The molecule has 13 heavy (non-hydrogen) atoms.